The van der Waals surface area contributed by atoms with Gasteiger partial charge in [0.25, 0.3) is 5.89 Å². The van der Waals surface area contributed by atoms with Gasteiger partial charge in [0.15, 0.2) is 0 Å². The van der Waals surface area contributed by atoms with E-state index >= 15 is 0 Å². The van der Waals surface area contributed by atoms with Crippen molar-refractivity contribution in [3.63, 3.8) is 0 Å². The van der Waals surface area contributed by atoms with Gasteiger partial charge < -0.3 is 14.2 Å². The van der Waals surface area contributed by atoms with Gasteiger partial charge in [0.1, 0.15) is 0 Å². The van der Waals surface area contributed by atoms with Crippen molar-refractivity contribution in [3.05, 3.63) is 29.6 Å². The highest BCUT2D eigenvalue weighted by atomic mass is 32.1. The van der Waals surface area contributed by atoms with E-state index in [1.807, 2.05) is 0 Å². The van der Waals surface area contributed by atoms with Crippen LogP contribution in [0.4, 0.5) is 6.01 Å². The molecule has 2 bridgehead atoms. The molecule has 0 spiro atoms. The fourth-order valence-corrected chi connectivity index (χ4v) is 4.67. The fourth-order valence-electron chi connectivity index (χ4n) is 3.72. The second kappa shape index (κ2) is 5.32. The van der Waals surface area contributed by atoms with Crippen LogP contribution in [0.3, 0.4) is 0 Å². The quantitative estimate of drug-likeness (QED) is 0.723. The van der Waals surface area contributed by atoms with Gasteiger partial charge in [0.2, 0.25) is 0 Å². The van der Waals surface area contributed by atoms with Crippen molar-refractivity contribution in [2.45, 2.75) is 18.9 Å². The summed E-state index contributed by atoms with van der Waals surface area (Å²) in [4.78, 5) is 5.92. The Kier molecular flexibility index (Phi) is 3.12. The number of aromatic nitrogens is 2. The van der Waals surface area contributed by atoms with Crippen LogP contribution in [0.1, 0.15) is 12.8 Å². The van der Waals surface area contributed by atoms with Gasteiger partial charge in [-0.05, 0) is 23.6 Å². The average molecular weight is 326 g/mol. The lowest BCUT2D eigenvalue weighted by Gasteiger charge is -2.29. The van der Waals surface area contributed by atoms with E-state index < -0.39 is 0 Å². The van der Waals surface area contributed by atoms with Crippen LogP contribution in [0.5, 0.6) is 0 Å². The summed E-state index contributed by atoms with van der Waals surface area (Å²) in [6.45, 7) is 4.46. The predicted molar refractivity (Wildman–Crippen MR) is 91.9 cm³/mol. The van der Waals surface area contributed by atoms with Crippen LogP contribution in [0, 0.1) is 0 Å². The number of piperidine rings is 1. The molecule has 0 radical (unpaired) electrons. The van der Waals surface area contributed by atoms with E-state index in [0.717, 1.165) is 18.0 Å². The minimum Gasteiger partial charge on any atom is -0.402 e. The van der Waals surface area contributed by atoms with Gasteiger partial charge in [0.05, 0.1) is 4.88 Å². The van der Waals surface area contributed by atoms with Gasteiger partial charge >= 0.3 is 6.01 Å². The summed E-state index contributed by atoms with van der Waals surface area (Å²) in [5.41, 5.74) is 0. The number of hydrogen-bond donors (Lipinski definition) is 0. The Morgan fingerprint density at radius 2 is 1.91 bits per heavy atom. The van der Waals surface area contributed by atoms with E-state index in [-0.39, 0.29) is 0 Å². The molecule has 3 fully saturated rings. The molecule has 0 N–H and O–H groups in total. The van der Waals surface area contributed by atoms with Crippen LogP contribution in [0.2, 0.25) is 0 Å². The van der Waals surface area contributed by atoms with E-state index in [9.17, 15) is 0 Å². The first kappa shape index (κ1) is 13.5. The Hall–Kier alpha value is -1.92. The molecular weight excluding hydrogens is 308 g/mol. The number of hydrogen-bond acceptors (Lipinski definition) is 6. The second-order valence-corrected chi connectivity index (χ2v) is 7.19. The molecule has 23 heavy (non-hydrogen) atoms. The number of anilines is 1. The molecule has 6 rings (SSSR count). The monoisotopic (exact) mass is 326 g/mol. The molecule has 1 aromatic carbocycles. The lowest BCUT2D eigenvalue weighted by Crippen LogP contribution is -2.38. The maximum Gasteiger partial charge on any atom is 0.318 e. The highest BCUT2D eigenvalue weighted by molar-refractivity contribution is 7.15. The van der Waals surface area contributed by atoms with Crippen molar-refractivity contribution < 1.29 is 4.42 Å². The second-order valence-electron chi connectivity index (χ2n) is 6.31. The van der Waals surface area contributed by atoms with Gasteiger partial charge in [-0.15, -0.1) is 16.4 Å². The van der Waals surface area contributed by atoms with E-state index in [1.54, 1.807) is 11.3 Å². The smallest absolute Gasteiger partial charge is 0.318 e. The van der Waals surface area contributed by atoms with Crippen LogP contribution in [0.15, 0.2) is 34.1 Å². The van der Waals surface area contributed by atoms with Crippen molar-refractivity contribution in [1.29, 1.82) is 0 Å². The van der Waals surface area contributed by atoms with Crippen LogP contribution in [-0.4, -0.2) is 47.3 Å². The number of nitrogens with zero attached hydrogens (tertiary/aromatic N) is 4. The van der Waals surface area contributed by atoms with Crippen molar-refractivity contribution in [2.24, 2.45) is 0 Å². The van der Waals surface area contributed by atoms with Crippen molar-refractivity contribution >= 4 is 28.1 Å². The molecular formula is C17H18N4OS. The highest BCUT2D eigenvalue weighted by Crippen LogP contribution is 2.35. The van der Waals surface area contributed by atoms with Crippen LogP contribution < -0.4 is 4.90 Å². The molecule has 6 heteroatoms. The van der Waals surface area contributed by atoms with Gasteiger partial charge in [0, 0.05) is 37.6 Å². The molecule has 0 saturated carbocycles. The summed E-state index contributed by atoms with van der Waals surface area (Å²) in [7, 11) is 0. The molecule has 0 unspecified atom stereocenters. The molecule has 3 aliphatic heterocycles. The number of thiophene rings is 1. The summed E-state index contributed by atoms with van der Waals surface area (Å²) in [6.07, 6.45) is 2.39. The van der Waals surface area contributed by atoms with Gasteiger partial charge in [-0.1, -0.05) is 29.4 Å². The number of fused-ring (bicyclic) bond motifs is 5. The molecule has 0 amide bonds. The Bertz CT molecular complexity index is 834. The predicted octanol–water partition coefficient (Wildman–Crippen LogP) is 3.24. The van der Waals surface area contributed by atoms with E-state index in [4.69, 9.17) is 4.42 Å². The van der Waals surface area contributed by atoms with Crippen molar-refractivity contribution in [2.75, 3.05) is 31.1 Å². The van der Waals surface area contributed by atoms with Gasteiger partial charge in [-0.3, -0.25) is 0 Å². The average Bonchev–Trinajstić information content (AvgIpc) is 3.13. The first-order valence-electron chi connectivity index (χ1n) is 8.17. The third-order valence-electron chi connectivity index (χ3n) is 5.02. The molecule has 0 atom stereocenters. The van der Waals surface area contributed by atoms with E-state index in [2.05, 4.69) is 49.6 Å². The van der Waals surface area contributed by atoms with Crippen molar-refractivity contribution in [3.8, 4) is 10.8 Å². The largest absolute Gasteiger partial charge is 0.402 e. The molecule has 5 nitrogen and oxygen atoms in total. The Morgan fingerprint density at radius 3 is 2.83 bits per heavy atom. The zero-order valence-electron chi connectivity index (χ0n) is 12.8. The first-order valence-corrected chi connectivity index (χ1v) is 9.05. The van der Waals surface area contributed by atoms with Gasteiger partial charge in [-0.2, -0.15) is 0 Å². The standard InChI is InChI=1S/C17H18N4OS/c1-2-4-14-12(3-1)11-23-15(14)16-18-19-17(22-16)21-10-9-20-7-5-13(21)6-8-20/h1-4,11,13H,5-10H2. The minimum absolute atomic E-state index is 0.544. The normalized spacial score (nSPS) is 24.3. The summed E-state index contributed by atoms with van der Waals surface area (Å²) < 4.78 is 6.08. The van der Waals surface area contributed by atoms with Gasteiger partial charge in [-0.25, -0.2) is 0 Å². The zero-order chi connectivity index (χ0) is 15.2. The summed E-state index contributed by atoms with van der Waals surface area (Å²) >= 11 is 1.67. The maximum absolute atomic E-state index is 6.08. The van der Waals surface area contributed by atoms with Crippen molar-refractivity contribution in [1.82, 2.24) is 15.1 Å². The Balaban J connectivity index is 1.50. The zero-order valence-corrected chi connectivity index (χ0v) is 13.6. The summed E-state index contributed by atoms with van der Waals surface area (Å²) in [5.74, 6) is 0.644. The highest BCUT2D eigenvalue weighted by Gasteiger charge is 2.32. The number of rotatable bonds is 2. The van der Waals surface area contributed by atoms with Crippen LogP contribution in [-0.2, 0) is 0 Å². The fraction of sp³-hybridized carbons (Fsp3) is 0.412. The SMILES string of the molecule is c1ccc2c(-c3nnc(N4CCN5CCC4CC5)o3)scc2c1. The molecule has 3 aliphatic rings. The molecule has 3 aromatic rings. The summed E-state index contributed by atoms with van der Waals surface area (Å²) in [5, 5.41) is 13.3. The first-order chi connectivity index (χ1) is 11.4. The van der Waals surface area contributed by atoms with Crippen LogP contribution >= 0.6 is 11.3 Å². The van der Waals surface area contributed by atoms with E-state index in [1.165, 1.54) is 36.7 Å². The Morgan fingerprint density at radius 1 is 1.04 bits per heavy atom. The lowest BCUT2D eigenvalue weighted by molar-refractivity contribution is 0.249. The van der Waals surface area contributed by atoms with E-state index in [0.29, 0.717) is 17.9 Å². The third kappa shape index (κ3) is 2.24. The van der Waals surface area contributed by atoms with Crippen LogP contribution in [0.25, 0.3) is 21.5 Å². The molecule has 118 valence electrons. The molecule has 5 heterocycles. The maximum atomic E-state index is 6.08. The number of benzene rings is 1. The Labute approximate surface area is 138 Å². The topological polar surface area (TPSA) is 45.4 Å². The third-order valence-corrected chi connectivity index (χ3v) is 6.02. The molecule has 2 aromatic heterocycles. The minimum atomic E-state index is 0.544. The molecule has 3 saturated heterocycles. The molecule has 0 aliphatic carbocycles. The summed E-state index contributed by atoms with van der Waals surface area (Å²) in [6, 6.07) is 9.58. The lowest BCUT2D eigenvalue weighted by atomic mass is 10.1.